The highest BCUT2D eigenvalue weighted by atomic mass is 79.9. The summed E-state index contributed by atoms with van der Waals surface area (Å²) in [5.41, 5.74) is 0.881. The number of nitrogens with zero attached hydrogens (tertiary/aromatic N) is 1. The first-order valence-corrected chi connectivity index (χ1v) is 6.65. The molecule has 0 saturated heterocycles. The van der Waals surface area contributed by atoms with Crippen LogP contribution in [0.3, 0.4) is 0 Å². The van der Waals surface area contributed by atoms with Crippen molar-refractivity contribution in [1.29, 1.82) is 0 Å². The highest BCUT2D eigenvalue weighted by molar-refractivity contribution is 9.10. The highest BCUT2D eigenvalue weighted by Crippen LogP contribution is 2.26. The number of ether oxygens (including phenoxy) is 1. The molecule has 6 heteroatoms. The number of nitrogens with one attached hydrogen (secondary N) is 1. The first-order chi connectivity index (χ1) is 8.88. The van der Waals surface area contributed by atoms with E-state index in [1.807, 2.05) is 13.8 Å². The Bertz CT molecular complexity index is 475. The molecule has 19 heavy (non-hydrogen) atoms. The van der Waals surface area contributed by atoms with Gasteiger partial charge in [-0.25, -0.2) is 0 Å². The Hall–Kier alpha value is -1.40. The average molecular weight is 329 g/mol. The summed E-state index contributed by atoms with van der Waals surface area (Å²) in [5, 5.41) is 13.9. The van der Waals surface area contributed by atoms with Crippen molar-refractivity contribution in [2.75, 3.05) is 13.2 Å². The van der Waals surface area contributed by atoms with Gasteiger partial charge < -0.3 is 10.1 Å². The largest absolute Gasteiger partial charge is 0.489 e. The fourth-order valence-corrected chi connectivity index (χ4v) is 1.78. The molecule has 1 rings (SSSR count). The normalized spacial score (nSPS) is 10.5. The number of halogens is 1. The smallest absolute Gasteiger partial charge is 0.274 e. The van der Waals surface area contributed by atoms with Crippen molar-refractivity contribution in [2.24, 2.45) is 0 Å². The third-order valence-corrected chi connectivity index (χ3v) is 2.73. The van der Waals surface area contributed by atoms with E-state index >= 15 is 0 Å². The van der Waals surface area contributed by atoms with Gasteiger partial charge in [-0.3, -0.25) is 10.1 Å². The SMILES string of the molecule is C=C(CNC(C)C)COc1cc(Br)cc([N+](=O)[O-])c1. The minimum atomic E-state index is -0.452. The van der Waals surface area contributed by atoms with Crippen molar-refractivity contribution in [3.8, 4) is 5.75 Å². The van der Waals surface area contributed by atoms with Gasteiger partial charge in [0.05, 0.1) is 11.0 Å². The van der Waals surface area contributed by atoms with E-state index in [4.69, 9.17) is 4.74 Å². The Balaban J connectivity index is 2.58. The second-order valence-electron chi connectivity index (χ2n) is 4.48. The lowest BCUT2D eigenvalue weighted by atomic mass is 10.3. The zero-order valence-corrected chi connectivity index (χ0v) is 12.6. The third-order valence-electron chi connectivity index (χ3n) is 2.27. The van der Waals surface area contributed by atoms with Crippen molar-refractivity contribution in [3.63, 3.8) is 0 Å². The summed E-state index contributed by atoms with van der Waals surface area (Å²) in [6.07, 6.45) is 0. The van der Waals surface area contributed by atoms with Crippen LogP contribution in [0.25, 0.3) is 0 Å². The summed E-state index contributed by atoms with van der Waals surface area (Å²) < 4.78 is 6.11. The first-order valence-electron chi connectivity index (χ1n) is 5.86. The lowest BCUT2D eigenvalue weighted by molar-refractivity contribution is -0.385. The monoisotopic (exact) mass is 328 g/mol. The molecule has 0 bridgehead atoms. The summed E-state index contributed by atoms with van der Waals surface area (Å²) in [4.78, 5) is 10.3. The molecule has 104 valence electrons. The van der Waals surface area contributed by atoms with E-state index < -0.39 is 4.92 Å². The average Bonchev–Trinajstić information content (AvgIpc) is 2.33. The second kappa shape index (κ2) is 7.25. The van der Waals surface area contributed by atoms with Gasteiger partial charge in [0.25, 0.3) is 5.69 Å². The van der Waals surface area contributed by atoms with Gasteiger partial charge in [-0.05, 0) is 11.6 Å². The molecule has 1 aromatic rings. The predicted octanol–water partition coefficient (Wildman–Crippen LogP) is 3.29. The van der Waals surface area contributed by atoms with Gasteiger partial charge in [-0.1, -0.05) is 36.4 Å². The van der Waals surface area contributed by atoms with Crippen LogP contribution >= 0.6 is 15.9 Å². The maximum absolute atomic E-state index is 10.7. The molecule has 0 fully saturated rings. The summed E-state index contributed by atoms with van der Waals surface area (Å²) in [6, 6.07) is 4.90. The number of nitro benzene ring substituents is 1. The molecule has 1 N–H and O–H groups in total. The Morgan fingerprint density at radius 1 is 1.53 bits per heavy atom. The van der Waals surface area contributed by atoms with Gasteiger partial charge in [0.2, 0.25) is 0 Å². The molecule has 5 nitrogen and oxygen atoms in total. The molecule has 0 aliphatic rings. The van der Waals surface area contributed by atoms with E-state index in [1.165, 1.54) is 12.1 Å². The Labute approximate surface area is 120 Å². The molecule has 1 aromatic carbocycles. The number of non-ortho nitro benzene ring substituents is 1. The van der Waals surface area contributed by atoms with Crippen LogP contribution in [0.1, 0.15) is 13.8 Å². The Morgan fingerprint density at radius 2 is 2.21 bits per heavy atom. The number of benzene rings is 1. The van der Waals surface area contributed by atoms with Crippen molar-refractivity contribution in [1.82, 2.24) is 5.32 Å². The summed E-state index contributed by atoms with van der Waals surface area (Å²) in [6.45, 7) is 8.97. The van der Waals surface area contributed by atoms with Crippen LogP contribution in [0.2, 0.25) is 0 Å². The zero-order chi connectivity index (χ0) is 14.4. The molecule has 0 aromatic heterocycles. The van der Waals surface area contributed by atoms with Gasteiger partial charge in [0.1, 0.15) is 12.4 Å². The van der Waals surface area contributed by atoms with E-state index in [2.05, 4.69) is 27.8 Å². The van der Waals surface area contributed by atoms with E-state index in [0.29, 0.717) is 29.4 Å². The zero-order valence-electron chi connectivity index (χ0n) is 11.0. The fraction of sp³-hybridized carbons (Fsp3) is 0.385. The number of hydrogen-bond donors (Lipinski definition) is 1. The van der Waals surface area contributed by atoms with Crippen molar-refractivity contribution in [3.05, 3.63) is 44.9 Å². The van der Waals surface area contributed by atoms with Crippen molar-refractivity contribution in [2.45, 2.75) is 19.9 Å². The van der Waals surface area contributed by atoms with E-state index in [-0.39, 0.29) is 5.69 Å². The molecule has 0 spiro atoms. The maximum atomic E-state index is 10.7. The first kappa shape index (κ1) is 15.7. The maximum Gasteiger partial charge on any atom is 0.274 e. The van der Waals surface area contributed by atoms with E-state index in [1.54, 1.807) is 6.07 Å². The van der Waals surface area contributed by atoms with Gasteiger partial charge in [-0.15, -0.1) is 0 Å². The van der Waals surface area contributed by atoms with E-state index in [0.717, 1.165) is 5.57 Å². The molecular weight excluding hydrogens is 312 g/mol. The summed E-state index contributed by atoms with van der Waals surface area (Å²) in [5.74, 6) is 0.451. The third kappa shape index (κ3) is 5.85. The molecule has 0 unspecified atom stereocenters. The van der Waals surface area contributed by atoms with Crippen molar-refractivity contribution < 1.29 is 9.66 Å². The minimum absolute atomic E-state index is 0.00436. The Morgan fingerprint density at radius 3 is 2.79 bits per heavy atom. The van der Waals surface area contributed by atoms with Crippen molar-refractivity contribution >= 4 is 21.6 Å². The van der Waals surface area contributed by atoms with E-state index in [9.17, 15) is 10.1 Å². The molecule has 0 radical (unpaired) electrons. The summed E-state index contributed by atoms with van der Waals surface area (Å²) in [7, 11) is 0. The molecule has 0 saturated carbocycles. The molecular formula is C13H17BrN2O3. The summed E-state index contributed by atoms with van der Waals surface area (Å²) >= 11 is 3.22. The van der Waals surface area contributed by atoms with Crippen LogP contribution in [0.15, 0.2) is 34.8 Å². The topological polar surface area (TPSA) is 64.4 Å². The van der Waals surface area contributed by atoms with Crippen LogP contribution < -0.4 is 10.1 Å². The number of rotatable bonds is 7. The number of nitro groups is 1. The van der Waals surface area contributed by atoms with Crippen LogP contribution in [-0.2, 0) is 0 Å². The standard InChI is InChI=1S/C13H17BrN2O3/c1-9(2)15-7-10(3)8-19-13-5-11(14)4-12(6-13)16(17)18/h4-6,9,15H,3,7-8H2,1-2H3. The second-order valence-corrected chi connectivity index (χ2v) is 5.39. The van der Waals surface area contributed by atoms with Gasteiger partial charge in [0, 0.05) is 23.1 Å². The van der Waals surface area contributed by atoms with Crippen LogP contribution in [-0.4, -0.2) is 24.1 Å². The quantitative estimate of drug-likeness (QED) is 0.474. The van der Waals surface area contributed by atoms with Crippen LogP contribution in [0.4, 0.5) is 5.69 Å². The van der Waals surface area contributed by atoms with Crippen LogP contribution in [0.5, 0.6) is 5.75 Å². The Kier molecular flexibility index (Phi) is 5.98. The molecule has 0 amide bonds. The van der Waals surface area contributed by atoms with Gasteiger partial charge in [0.15, 0.2) is 0 Å². The molecule has 0 aliphatic carbocycles. The fourth-order valence-electron chi connectivity index (χ4n) is 1.32. The molecule has 0 aliphatic heterocycles. The molecule has 0 heterocycles. The van der Waals surface area contributed by atoms with Gasteiger partial charge in [-0.2, -0.15) is 0 Å². The lowest BCUT2D eigenvalue weighted by Gasteiger charge is -2.12. The lowest BCUT2D eigenvalue weighted by Crippen LogP contribution is -2.26. The predicted molar refractivity (Wildman–Crippen MR) is 78.6 cm³/mol. The van der Waals surface area contributed by atoms with Gasteiger partial charge >= 0.3 is 0 Å². The van der Waals surface area contributed by atoms with Crippen LogP contribution in [0, 0.1) is 10.1 Å². The highest BCUT2D eigenvalue weighted by Gasteiger charge is 2.09. The molecule has 0 atom stereocenters. The minimum Gasteiger partial charge on any atom is -0.489 e. The number of hydrogen-bond acceptors (Lipinski definition) is 4.